The fourth-order valence-corrected chi connectivity index (χ4v) is 3.38. The fraction of sp³-hybridized carbons (Fsp3) is 0.583. The Morgan fingerprint density at radius 1 is 1.47 bits per heavy atom. The number of hydrogen-bond acceptors (Lipinski definition) is 4. The first-order valence-corrected chi connectivity index (χ1v) is 7.93. The fourth-order valence-electron chi connectivity index (χ4n) is 1.37. The van der Waals surface area contributed by atoms with Crippen LogP contribution in [-0.4, -0.2) is 35.2 Å². The monoisotopic (exact) mass is 274 g/mol. The van der Waals surface area contributed by atoms with E-state index >= 15 is 0 Å². The van der Waals surface area contributed by atoms with E-state index in [-0.39, 0.29) is 11.5 Å². The summed E-state index contributed by atoms with van der Waals surface area (Å²) in [5.74, 6) is 0.657. The van der Waals surface area contributed by atoms with Crippen molar-refractivity contribution in [2.45, 2.75) is 19.8 Å². The van der Waals surface area contributed by atoms with E-state index < -0.39 is 10.8 Å². The zero-order valence-electron chi connectivity index (χ0n) is 10.2. The van der Waals surface area contributed by atoms with Crippen LogP contribution in [-0.2, 0) is 22.0 Å². The van der Waals surface area contributed by atoms with Gasteiger partial charge in [-0.2, -0.15) is 0 Å². The minimum Gasteiger partial charge on any atom is -0.385 e. The summed E-state index contributed by atoms with van der Waals surface area (Å²) in [7, 11) is 0.549. The molecule has 0 saturated heterocycles. The maximum Gasteiger partial charge on any atom is 0.185 e. The van der Waals surface area contributed by atoms with Crippen molar-refractivity contribution in [1.82, 2.24) is 0 Å². The average molecular weight is 274 g/mol. The van der Waals surface area contributed by atoms with Crippen LogP contribution in [0.4, 0.5) is 0 Å². The van der Waals surface area contributed by atoms with Gasteiger partial charge in [-0.1, -0.05) is 6.92 Å². The molecule has 0 bridgehead atoms. The van der Waals surface area contributed by atoms with Gasteiger partial charge in [-0.3, -0.25) is 9.00 Å². The standard InChI is InChI=1S/C12H18O3S2/c1-3-10-5-6-12(16-10)11(13)9-17(14)8-4-7-15-2/h5-6H,3-4,7-9H2,1-2H3. The van der Waals surface area contributed by atoms with E-state index in [1.165, 1.54) is 16.2 Å². The number of carbonyl (C=O) groups is 1. The molecule has 1 aromatic rings. The van der Waals surface area contributed by atoms with Gasteiger partial charge in [-0.05, 0) is 25.0 Å². The molecule has 0 aliphatic heterocycles. The SMILES string of the molecule is CCc1ccc(C(=O)CS(=O)CCCOC)s1. The largest absolute Gasteiger partial charge is 0.385 e. The third-order valence-corrected chi connectivity index (χ3v) is 4.90. The van der Waals surface area contributed by atoms with Crippen molar-refractivity contribution in [3.63, 3.8) is 0 Å². The van der Waals surface area contributed by atoms with Crippen molar-refractivity contribution >= 4 is 27.9 Å². The lowest BCUT2D eigenvalue weighted by molar-refractivity contribution is 0.102. The summed E-state index contributed by atoms with van der Waals surface area (Å²) in [5, 5.41) is 0. The molecule has 1 aromatic heterocycles. The Morgan fingerprint density at radius 2 is 2.24 bits per heavy atom. The van der Waals surface area contributed by atoms with Crippen LogP contribution in [0.1, 0.15) is 27.9 Å². The van der Waals surface area contributed by atoms with Crippen LogP contribution in [0.15, 0.2) is 12.1 Å². The van der Waals surface area contributed by atoms with Crippen molar-refractivity contribution < 1.29 is 13.7 Å². The van der Waals surface area contributed by atoms with E-state index in [2.05, 4.69) is 6.92 Å². The number of methoxy groups -OCH3 is 1. The van der Waals surface area contributed by atoms with Gasteiger partial charge in [-0.15, -0.1) is 11.3 Å². The number of ether oxygens (including phenoxy) is 1. The summed E-state index contributed by atoms with van der Waals surface area (Å²) in [6.07, 6.45) is 1.68. The Hall–Kier alpha value is -0.520. The Morgan fingerprint density at radius 3 is 2.82 bits per heavy atom. The number of carbonyl (C=O) groups excluding carboxylic acids is 1. The number of aryl methyl sites for hydroxylation is 1. The molecule has 17 heavy (non-hydrogen) atoms. The van der Waals surface area contributed by atoms with E-state index in [1.807, 2.05) is 12.1 Å². The molecule has 1 rings (SSSR count). The number of thiophene rings is 1. The van der Waals surface area contributed by atoms with Crippen molar-refractivity contribution in [2.75, 3.05) is 25.2 Å². The van der Waals surface area contributed by atoms with Crippen molar-refractivity contribution in [1.29, 1.82) is 0 Å². The molecule has 0 spiro atoms. The normalized spacial score (nSPS) is 12.6. The Balaban J connectivity index is 2.40. The van der Waals surface area contributed by atoms with E-state index in [9.17, 15) is 9.00 Å². The lowest BCUT2D eigenvalue weighted by Gasteiger charge is -2.00. The lowest BCUT2D eigenvalue weighted by atomic mass is 10.3. The van der Waals surface area contributed by atoms with E-state index in [4.69, 9.17) is 4.74 Å². The quantitative estimate of drug-likeness (QED) is 0.539. The van der Waals surface area contributed by atoms with Gasteiger partial charge in [-0.25, -0.2) is 0 Å². The van der Waals surface area contributed by atoms with Gasteiger partial charge in [0.15, 0.2) is 5.78 Å². The molecule has 1 heterocycles. The van der Waals surface area contributed by atoms with Gasteiger partial charge in [0, 0.05) is 35.1 Å². The molecule has 96 valence electrons. The number of ketones is 1. The number of hydrogen-bond donors (Lipinski definition) is 0. The predicted octanol–water partition coefficient (Wildman–Crippen LogP) is 2.28. The first-order valence-electron chi connectivity index (χ1n) is 5.63. The Labute approximate surface area is 109 Å². The second kappa shape index (κ2) is 7.74. The van der Waals surface area contributed by atoms with Crippen LogP contribution in [0.5, 0.6) is 0 Å². The second-order valence-corrected chi connectivity index (χ2v) is 6.42. The second-order valence-electron chi connectivity index (χ2n) is 3.68. The minimum atomic E-state index is -1.07. The number of rotatable bonds is 8. The summed E-state index contributed by atoms with van der Waals surface area (Å²) in [6, 6.07) is 3.80. The van der Waals surface area contributed by atoms with Gasteiger partial charge in [0.2, 0.25) is 0 Å². The van der Waals surface area contributed by atoms with Gasteiger partial charge < -0.3 is 4.74 Å². The first kappa shape index (κ1) is 14.5. The Kier molecular flexibility index (Phi) is 6.62. The lowest BCUT2D eigenvalue weighted by Crippen LogP contribution is -2.13. The highest BCUT2D eigenvalue weighted by molar-refractivity contribution is 7.85. The van der Waals surface area contributed by atoms with Gasteiger partial charge in [0.25, 0.3) is 0 Å². The maximum absolute atomic E-state index is 11.8. The zero-order valence-corrected chi connectivity index (χ0v) is 11.9. The molecular weight excluding hydrogens is 256 g/mol. The van der Waals surface area contributed by atoms with Crippen molar-refractivity contribution in [3.05, 3.63) is 21.9 Å². The van der Waals surface area contributed by atoms with E-state index in [0.29, 0.717) is 12.4 Å². The molecule has 5 heteroatoms. The molecule has 1 atom stereocenters. The minimum absolute atomic E-state index is 0.00884. The van der Waals surface area contributed by atoms with Crippen LogP contribution < -0.4 is 0 Å². The molecule has 0 radical (unpaired) electrons. The third-order valence-electron chi connectivity index (χ3n) is 2.30. The van der Waals surface area contributed by atoms with E-state index in [0.717, 1.165) is 17.7 Å². The summed E-state index contributed by atoms with van der Waals surface area (Å²) < 4.78 is 16.5. The molecule has 0 aromatic carbocycles. The average Bonchev–Trinajstić information content (AvgIpc) is 2.78. The maximum atomic E-state index is 11.8. The van der Waals surface area contributed by atoms with Gasteiger partial charge in [0.1, 0.15) is 0 Å². The van der Waals surface area contributed by atoms with Crippen molar-refractivity contribution in [2.24, 2.45) is 0 Å². The molecule has 1 unspecified atom stereocenters. The molecule has 3 nitrogen and oxygen atoms in total. The molecule has 0 saturated carbocycles. The highest BCUT2D eigenvalue weighted by atomic mass is 32.2. The summed E-state index contributed by atoms with van der Waals surface area (Å²) in [5.41, 5.74) is 0. The highest BCUT2D eigenvalue weighted by Crippen LogP contribution is 2.17. The highest BCUT2D eigenvalue weighted by Gasteiger charge is 2.12. The summed E-state index contributed by atoms with van der Waals surface area (Å²) in [4.78, 5) is 13.7. The predicted molar refractivity (Wildman–Crippen MR) is 72.4 cm³/mol. The third kappa shape index (κ3) is 5.10. The number of Topliss-reactive ketones (excluding diaryl/α,β-unsaturated/α-hetero) is 1. The van der Waals surface area contributed by atoms with Gasteiger partial charge in [0.05, 0.1) is 10.6 Å². The van der Waals surface area contributed by atoms with Crippen LogP contribution in [0.25, 0.3) is 0 Å². The first-order chi connectivity index (χ1) is 8.17. The van der Waals surface area contributed by atoms with Crippen LogP contribution in [0, 0.1) is 0 Å². The van der Waals surface area contributed by atoms with E-state index in [1.54, 1.807) is 7.11 Å². The zero-order chi connectivity index (χ0) is 12.7. The molecule has 0 fully saturated rings. The molecule has 0 N–H and O–H groups in total. The summed E-state index contributed by atoms with van der Waals surface area (Å²) in [6.45, 7) is 2.65. The molecule has 0 amide bonds. The smallest absolute Gasteiger partial charge is 0.185 e. The van der Waals surface area contributed by atoms with Crippen LogP contribution in [0.2, 0.25) is 0 Å². The van der Waals surface area contributed by atoms with Crippen molar-refractivity contribution in [3.8, 4) is 0 Å². The van der Waals surface area contributed by atoms with Crippen LogP contribution in [0.3, 0.4) is 0 Å². The van der Waals surface area contributed by atoms with Crippen LogP contribution >= 0.6 is 11.3 Å². The molecule has 0 aliphatic rings. The summed E-state index contributed by atoms with van der Waals surface area (Å²) >= 11 is 1.50. The Bertz CT molecular complexity index is 385. The van der Waals surface area contributed by atoms with Gasteiger partial charge >= 0.3 is 0 Å². The molecular formula is C12H18O3S2. The topological polar surface area (TPSA) is 43.4 Å². The molecule has 0 aliphatic carbocycles.